The van der Waals surface area contributed by atoms with Gasteiger partial charge in [-0.05, 0) is 80.6 Å². The van der Waals surface area contributed by atoms with E-state index in [0.717, 1.165) is 50.4 Å². The minimum absolute atomic E-state index is 0.289. The third-order valence-electron chi connectivity index (χ3n) is 8.48. The third kappa shape index (κ3) is 6.45. The fourth-order valence-corrected chi connectivity index (χ4v) is 5.82. The summed E-state index contributed by atoms with van der Waals surface area (Å²) in [5.74, 6) is 0.894. The zero-order valence-electron chi connectivity index (χ0n) is 25.8. The second-order valence-electron chi connectivity index (χ2n) is 11.5. The zero-order valence-corrected chi connectivity index (χ0v) is 25.8. The predicted octanol–water partition coefficient (Wildman–Crippen LogP) is 4.96. The van der Waals surface area contributed by atoms with E-state index in [1.165, 1.54) is 10.5 Å². The van der Waals surface area contributed by atoms with Gasteiger partial charge in [-0.25, -0.2) is 14.7 Å². The SMILES string of the molecule is COc1ccc(N2C(=O)N(c3cccc(C(N)=O)c3)c3nc(Nc4cccc(CCN5CCN(C)CC5)c4)ncc3C2C)cc1. The Labute approximate surface area is 263 Å². The lowest BCUT2D eigenvalue weighted by molar-refractivity contribution is 0.1000. The molecule has 11 nitrogen and oxygen atoms in total. The largest absolute Gasteiger partial charge is 0.497 e. The molecule has 1 atom stereocenters. The number of nitrogens with one attached hydrogen (secondary N) is 1. The van der Waals surface area contributed by atoms with Gasteiger partial charge in [-0.15, -0.1) is 0 Å². The highest BCUT2D eigenvalue weighted by atomic mass is 16.5. The van der Waals surface area contributed by atoms with Gasteiger partial charge >= 0.3 is 6.03 Å². The van der Waals surface area contributed by atoms with E-state index < -0.39 is 5.91 Å². The van der Waals surface area contributed by atoms with Crippen LogP contribution in [-0.2, 0) is 6.42 Å². The Morgan fingerprint density at radius 3 is 2.49 bits per heavy atom. The molecule has 232 valence electrons. The van der Waals surface area contributed by atoms with E-state index in [0.29, 0.717) is 28.9 Å². The van der Waals surface area contributed by atoms with Crippen LogP contribution in [0, 0.1) is 0 Å². The quantitative estimate of drug-likeness (QED) is 0.275. The minimum atomic E-state index is -0.584. The van der Waals surface area contributed by atoms with Crippen LogP contribution in [0.3, 0.4) is 0 Å². The van der Waals surface area contributed by atoms with Crippen molar-refractivity contribution in [2.45, 2.75) is 19.4 Å². The molecule has 0 bridgehead atoms. The lowest BCUT2D eigenvalue weighted by atomic mass is 10.0. The molecule has 0 radical (unpaired) electrons. The average Bonchev–Trinajstić information content (AvgIpc) is 3.05. The van der Waals surface area contributed by atoms with Crippen LogP contribution in [0.15, 0.2) is 79.0 Å². The van der Waals surface area contributed by atoms with Crippen molar-refractivity contribution in [3.63, 3.8) is 0 Å². The fourth-order valence-electron chi connectivity index (χ4n) is 5.82. The van der Waals surface area contributed by atoms with E-state index in [9.17, 15) is 9.59 Å². The van der Waals surface area contributed by atoms with Gasteiger partial charge < -0.3 is 25.6 Å². The average molecular weight is 607 g/mol. The molecule has 1 aromatic heterocycles. The fraction of sp³-hybridized carbons (Fsp3) is 0.294. The monoisotopic (exact) mass is 606 g/mol. The van der Waals surface area contributed by atoms with Crippen LogP contribution in [0.4, 0.5) is 33.6 Å². The number of likely N-dealkylation sites (N-methyl/N-ethyl adjacent to an activating group) is 1. The lowest BCUT2D eigenvalue weighted by Gasteiger charge is -2.40. The van der Waals surface area contributed by atoms with E-state index in [-0.39, 0.29) is 17.6 Å². The first-order chi connectivity index (χ1) is 21.8. The number of carbonyl (C=O) groups is 2. The molecule has 1 fully saturated rings. The number of carbonyl (C=O) groups excluding carboxylic acids is 2. The molecule has 11 heteroatoms. The Bertz CT molecular complexity index is 1690. The summed E-state index contributed by atoms with van der Waals surface area (Å²) < 4.78 is 5.32. The maximum atomic E-state index is 14.3. The molecule has 0 saturated carbocycles. The normalized spacial score (nSPS) is 17.2. The Morgan fingerprint density at radius 2 is 1.76 bits per heavy atom. The topological polar surface area (TPSA) is 120 Å². The Hall–Kier alpha value is -5.00. The molecule has 0 aliphatic carbocycles. The summed E-state index contributed by atoms with van der Waals surface area (Å²) in [4.78, 5) is 43.9. The van der Waals surface area contributed by atoms with E-state index >= 15 is 0 Å². The van der Waals surface area contributed by atoms with Crippen molar-refractivity contribution in [1.29, 1.82) is 0 Å². The van der Waals surface area contributed by atoms with Gasteiger partial charge in [0.15, 0.2) is 5.82 Å². The number of hydrogen-bond acceptors (Lipinski definition) is 8. The number of anilines is 5. The molecular formula is C34H38N8O3. The Balaban J connectivity index is 1.31. The maximum Gasteiger partial charge on any atom is 0.335 e. The standard InChI is InChI=1S/C34H38N8O3/c1-23-30-22-36-33(37-26-8-4-6-24(20-26)14-15-40-18-16-39(2)17-19-40)38-32(30)42(28-9-5-7-25(21-28)31(35)43)34(44)41(23)27-10-12-29(45-3)13-11-27/h4-13,20-23H,14-19H2,1-3H3,(H2,35,43)(H,36,37,38). The summed E-state index contributed by atoms with van der Waals surface area (Å²) in [6.07, 6.45) is 2.70. The number of fused-ring (bicyclic) bond motifs is 1. The first kappa shape index (κ1) is 30.0. The van der Waals surface area contributed by atoms with Crippen molar-refractivity contribution in [1.82, 2.24) is 19.8 Å². The van der Waals surface area contributed by atoms with Crippen LogP contribution in [-0.4, -0.2) is 78.6 Å². The number of hydrogen-bond donors (Lipinski definition) is 2. The molecule has 1 saturated heterocycles. The molecule has 2 aliphatic heterocycles. The van der Waals surface area contributed by atoms with Crippen molar-refractivity contribution in [2.24, 2.45) is 5.73 Å². The molecule has 3 amide bonds. The molecule has 3 N–H and O–H groups in total. The summed E-state index contributed by atoms with van der Waals surface area (Å²) in [6, 6.07) is 21.5. The molecule has 45 heavy (non-hydrogen) atoms. The minimum Gasteiger partial charge on any atom is -0.497 e. The molecule has 2 aliphatic rings. The lowest BCUT2D eigenvalue weighted by Crippen LogP contribution is -2.47. The molecule has 1 unspecified atom stereocenters. The molecule has 4 aromatic rings. The highest BCUT2D eigenvalue weighted by Gasteiger charge is 2.39. The number of aromatic nitrogens is 2. The van der Waals surface area contributed by atoms with Gasteiger partial charge in [0.25, 0.3) is 0 Å². The van der Waals surface area contributed by atoms with Gasteiger partial charge in [-0.3, -0.25) is 9.69 Å². The number of urea groups is 1. The zero-order chi connectivity index (χ0) is 31.5. The predicted molar refractivity (Wildman–Crippen MR) is 176 cm³/mol. The number of primary amides is 1. The molecule has 3 aromatic carbocycles. The van der Waals surface area contributed by atoms with E-state index in [4.69, 9.17) is 15.5 Å². The van der Waals surface area contributed by atoms with Crippen molar-refractivity contribution >= 4 is 40.8 Å². The van der Waals surface area contributed by atoms with Gasteiger partial charge in [-0.2, -0.15) is 4.98 Å². The van der Waals surface area contributed by atoms with Crippen LogP contribution in [0.25, 0.3) is 0 Å². The maximum absolute atomic E-state index is 14.3. The van der Waals surface area contributed by atoms with Crippen LogP contribution in [0.1, 0.15) is 34.5 Å². The molecule has 6 rings (SSSR count). The summed E-state index contributed by atoms with van der Waals surface area (Å²) in [5, 5.41) is 3.34. The highest BCUT2D eigenvalue weighted by Crippen LogP contribution is 2.42. The number of amides is 3. The smallest absolute Gasteiger partial charge is 0.335 e. The van der Waals surface area contributed by atoms with Gasteiger partial charge in [-0.1, -0.05) is 18.2 Å². The van der Waals surface area contributed by atoms with E-state index in [2.05, 4.69) is 39.3 Å². The molecule has 0 spiro atoms. The number of methoxy groups -OCH3 is 1. The number of piperazine rings is 1. The summed E-state index contributed by atoms with van der Waals surface area (Å²) in [7, 11) is 3.77. The second-order valence-corrected chi connectivity index (χ2v) is 11.5. The summed E-state index contributed by atoms with van der Waals surface area (Å²) in [5.41, 5.74) is 9.88. The number of benzene rings is 3. The second kappa shape index (κ2) is 12.9. The molecular weight excluding hydrogens is 568 g/mol. The summed E-state index contributed by atoms with van der Waals surface area (Å²) >= 11 is 0. The van der Waals surface area contributed by atoms with E-state index in [1.807, 2.05) is 43.3 Å². The van der Waals surface area contributed by atoms with Crippen molar-refractivity contribution in [3.8, 4) is 5.75 Å². The number of rotatable bonds is 9. The van der Waals surface area contributed by atoms with Gasteiger partial charge in [0, 0.05) is 61.4 Å². The number of nitrogens with zero attached hydrogens (tertiary/aromatic N) is 6. The van der Waals surface area contributed by atoms with Gasteiger partial charge in [0.2, 0.25) is 11.9 Å². The van der Waals surface area contributed by atoms with Crippen molar-refractivity contribution in [2.75, 3.05) is 62.0 Å². The summed E-state index contributed by atoms with van der Waals surface area (Å²) in [6.45, 7) is 7.32. The van der Waals surface area contributed by atoms with Gasteiger partial charge in [0.05, 0.1) is 18.8 Å². The van der Waals surface area contributed by atoms with Crippen LogP contribution < -0.4 is 25.6 Å². The first-order valence-electron chi connectivity index (χ1n) is 15.1. The van der Waals surface area contributed by atoms with Gasteiger partial charge in [0.1, 0.15) is 5.75 Å². The van der Waals surface area contributed by atoms with Crippen LogP contribution >= 0.6 is 0 Å². The number of ether oxygens (including phenoxy) is 1. The van der Waals surface area contributed by atoms with Crippen LogP contribution in [0.2, 0.25) is 0 Å². The third-order valence-corrected chi connectivity index (χ3v) is 8.48. The number of nitrogens with two attached hydrogens (primary N) is 1. The van der Waals surface area contributed by atoms with E-state index in [1.54, 1.807) is 42.5 Å². The first-order valence-corrected chi connectivity index (χ1v) is 15.1. The Morgan fingerprint density at radius 1 is 1.00 bits per heavy atom. The van der Waals surface area contributed by atoms with Crippen molar-refractivity contribution in [3.05, 3.63) is 95.7 Å². The van der Waals surface area contributed by atoms with Crippen molar-refractivity contribution < 1.29 is 14.3 Å². The molecule has 3 heterocycles. The Kier molecular flexibility index (Phi) is 8.63. The van der Waals surface area contributed by atoms with Crippen LogP contribution in [0.5, 0.6) is 5.75 Å². The highest BCUT2D eigenvalue weighted by molar-refractivity contribution is 6.11.